The van der Waals surface area contributed by atoms with Crippen molar-refractivity contribution < 1.29 is 26.3 Å². The number of sulfonamides is 2. The van der Waals surface area contributed by atoms with Crippen molar-refractivity contribution in [1.29, 1.82) is 0 Å². The van der Waals surface area contributed by atoms with Crippen molar-refractivity contribution in [3.05, 3.63) is 0 Å². The van der Waals surface area contributed by atoms with Crippen LogP contribution in [0.25, 0.3) is 0 Å². The fourth-order valence-corrected chi connectivity index (χ4v) is 4.21. The zero-order valence-electron chi connectivity index (χ0n) is 13.5. The quantitative estimate of drug-likeness (QED) is 0.613. The molecule has 0 aliphatic carbocycles. The van der Waals surface area contributed by atoms with Gasteiger partial charge in [0, 0.05) is 33.4 Å². The Kier molecular flexibility index (Phi) is 11.2. The minimum Gasteiger partial charge on any atom is -0.384 e. The van der Waals surface area contributed by atoms with Gasteiger partial charge in [0.1, 0.15) is 0 Å². The molecule has 0 bridgehead atoms. The van der Waals surface area contributed by atoms with Gasteiger partial charge in [-0.1, -0.05) is 13.8 Å². The SMILES string of the molecule is CCNS(=O)(=O)C1CCOCC1.CCNS(=O)(=O)CCOC. The van der Waals surface area contributed by atoms with Crippen LogP contribution in [0.2, 0.25) is 0 Å². The third-order valence-electron chi connectivity index (χ3n) is 2.87. The topological polar surface area (TPSA) is 111 Å². The molecule has 2 N–H and O–H groups in total. The molecule has 1 rings (SSSR count). The highest BCUT2D eigenvalue weighted by atomic mass is 32.2. The Hall–Kier alpha value is -0.260. The molecule has 0 aromatic rings. The van der Waals surface area contributed by atoms with Gasteiger partial charge in [-0.2, -0.15) is 0 Å². The first-order chi connectivity index (χ1) is 10.3. The van der Waals surface area contributed by atoms with Crippen LogP contribution < -0.4 is 9.44 Å². The van der Waals surface area contributed by atoms with E-state index in [0.717, 1.165) is 0 Å². The van der Waals surface area contributed by atoms with Crippen molar-refractivity contribution in [2.24, 2.45) is 0 Å². The first-order valence-corrected chi connectivity index (χ1v) is 10.5. The molecule has 0 aromatic heterocycles. The average molecular weight is 360 g/mol. The van der Waals surface area contributed by atoms with E-state index in [2.05, 4.69) is 14.2 Å². The normalized spacial score (nSPS) is 16.9. The lowest BCUT2D eigenvalue weighted by atomic mass is 10.2. The second-order valence-electron chi connectivity index (χ2n) is 4.66. The standard InChI is InChI=1S/C7H15NO3S.C5H13NO3S/c1-2-8-12(9,10)7-3-5-11-6-4-7;1-3-6-10(7,8)5-4-9-2/h7-8H,2-6H2,1H3;6H,3-5H2,1-2H3. The number of hydrogen-bond acceptors (Lipinski definition) is 6. The lowest BCUT2D eigenvalue weighted by molar-refractivity contribution is 0.0981. The van der Waals surface area contributed by atoms with E-state index in [1.807, 2.05) is 0 Å². The van der Waals surface area contributed by atoms with Gasteiger partial charge >= 0.3 is 0 Å². The van der Waals surface area contributed by atoms with Crippen LogP contribution in [0.3, 0.4) is 0 Å². The Labute approximate surface area is 134 Å². The van der Waals surface area contributed by atoms with Crippen LogP contribution >= 0.6 is 0 Å². The van der Waals surface area contributed by atoms with Gasteiger partial charge in [0.05, 0.1) is 17.6 Å². The fourth-order valence-electron chi connectivity index (χ4n) is 1.79. The summed E-state index contributed by atoms with van der Waals surface area (Å²) in [5, 5.41) is -0.244. The van der Waals surface area contributed by atoms with Crippen molar-refractivity contribution in [3.63, 3.8) is 0 Å². The zero-order valence-corrected chi connectivity index (χ0v) is 15.1. The van der Waals surface area contributed by atoms with Crippen LogP contribution in [0.1, 0.15) is 26.7 Å². The van der Waals surface area contributed by atoms with Crippen LogP contribution in [-0.2, 0) is 29.5 Å². The molecular formula is C12H28N2O6S2. The summed E-state index contributed by atoms with van der Waals surface area (Å²) in [5.74, 6) is 0.0390. The Morgan fingerprint density at radius 1 is 1.05 bits per heavy atom. The van der Waals surface area contributed by atoms with Gasteiger partial charge in [-0.15, -0.1) is 0 Å². The van der Waals surface area contributed by atoms with Gasteiger partial charge in [0.15, 0.2) is 0 Å². The van der Waals surface area contributed by atoms with Gasteiger partial charge in [0.2, 0.25) is 20.0 Å². The summed E-state index contributed by atoms with van der Waals surface area (Å²) in [6, 6.07) is 0. The lowest BCUT2D eigenvalue weighted by Gasteiger charge is -2.21. The summed E-state index contributed by atoms with van der Waals surface area (Å²) in [6.45, 7) is 5.81. The molecule has 1 aliphatic heterocycles. The smallest absolute Gasteiger partial charge is 0.214 e. The fraction of sp³-hybridized carbons (Fsp3) is 1.00. The Morgan fingerprint density at radius 3 is 2.05 bits per heavy atom. The lowest BCUT2D eigenvalue weighted by Crippen LogP contribution is -2.37. The molecule has 10 heteroatoms. The minimum absolute atomic E-state index is 0.0390. The van der Waals surface area contributed by atoms with Gasteiger partial charge in [-0.3, -0.25) is 0 Å². The van der Waals surface area contributed by atoms with E-state index in [4.69, 9.17) is 4.74 Å². The maximum Gasteiger partial charge on any atom is 0.214 e. The maximum atomic E-state index is 11.4. The highest BCUT2D eigenvalue weighted by Gasteiger charge is 2.26. The molecule has 0 saturated carbocycles. The molecular weight excluding hydrogens is 332 g/mol. The third-order valence-corrected chi connectivity index (χ3v) is 6.35. The molecule has 0 radical (unpaired) electrons. The summed E-state index contributed by atoms with van der Waals surface area (Å²) in [7, 11) is -4.66. The average Bonchev–Trinajstić information content (AvgIpc) is 2.47. The van der Waals surface area contributed by atoms with Crippen LogP contribution in [0.4, 0.5) is 0 Å². The molecule has 134 valence electrons. The van der Waals surface area contributed by atoms with E-state index in [1.165, 1.54) is 7.11 Å². The molecule has 0 unspecified atom stereocenters. The Bertz CT molecular complexity index is 472. The summed E-state index contributed by atoms with van der Waals surface area (Å²) in [5.41, 5.74) is 0. The van der Waals surface area contributed by atoms with Crippen LogP contribution in [0, 0.1) is 0 Å². The van der Waals surface area contributed by atoms with Crippen molar-refractivity contribution in [1.82, 2.24) is 9.44 Å². The van der Waals surface area contributed by atoms with Crippen molar-refractivity contribution in [3.8, 4) is 0 Å². The largest absolute Gasteiger partial charge is 0.384 e. The van der Waals surface area contributed by atoms with E-state index in [-0.39, 0.29) is 17.6 Å². The predicted molar refractivity (Wildman–Crippen MR) is 85.8 cm³/mol. The number of hydrogen-bond donors (Lipinski definition) is 2. The van der Waals surface area contributed by atoms with E-state index in [9.17, 15) is 16.8 Å². The number of rotatable bonds is 8. The number of nitrogens with one attached hydrogen (secondary N) is 2. The second-order valence-corrected chi connectivity index (χ2v) is 8.64. The Morgan fingerprint density at radius 2 is 1.59 bits per heavy atom. The first kappa shape index (κ1) is 21.7. The van der Waals surface area contributed by atoms with E-state index >= 15 is 0 Å². The molecule has 1 heterocycles. The Balaban J connectivity index is 0.000000409. The predicted octanol–water partition coefficient (Wildman–Crippen LogP) is -0.323. The molecule has 1 aliphatic rings. The molecule has 0 aromatic carbocycles. The van der Waals surface area contributed by atoms with Crippen LogP contribution in [0.15, 0.2) is 0 Å². The molecule has 1 saturated heterocycles. The molecule has 22 heavy (non-hydrogen) atoms. The third kappa shape index (κ3) is 9.70. The highest BCUT2D eigenvalue weighted by molar-refractivity contribution is 7.90. The summed E-state index contributed by atoms with van der Waals surface area (Å²) >= 11 is 0. The first-order valence-electron chi connectivity index (χ1n) is 7.31. The zero-order chi connectivity index (χ0) is 17.1. The summed E-state index contributed by atoms with van der Waals surface area (Å²) in [4.78, 5) is 0. The second kappa shape index (κ2) is 11.3. The van der Waals surface area contributed by atoms with Gasteiger partial charge < -0.3 is 9.47 Å². The number of ether oxygens (including phenoxy) is 2. The summed E-state index contributed by atoms with van der Waals surface area (Å²) < 4.78 is 59.0. The van der Waals surface area contributed by atoms with Crippen LogP contribution in [-0.4, -0.2) is 67.9 Å². The minimum atomic E-state index is -3.07. The van der Waals surface area contributed by atoms with Crippen molar-refractivity contribution in [2.75, 3.05) is 45.8 Å². The van der Waals surface area contributed by atoms with E-state index in [0.29, 0.717) is 39.1 Å². The van der Waals surface area contributed by atoms with Gasteiger partial charge in [0.25, 0.3) is 0 Å². The van der Waals surface area contributed by atoms with Gasteiger partial charge in [-0.05, 0) is 12.8 Å². The number of methoxy groups -OCH3 is 1. The van der Waals surface area contributed by atoms with Crippen molar-refractivity contribution >= 4 is 20.0 Å². The van der Waals surface area contributed by atoms with Crippen molar-refractivity contribution in [2.45, 2.75) is 31.9 Å². The molecule has 0 amide bonds. The maximum absolute atomic E-state index is 11.4. The van der Waals surface area contributed by atoms with Gasteiger partial charge in [-0.25, -0.2) is 26.3 Å². The molecule has 8 nitrogen and oxygen atoms in total. The van der Waals surface area contributed by atoms with Crippen LogP contribution in [0.5, 0.6) is 0 Å². The molecule has 1 fully saturated rings. The highest BCUT2D eigenvalue weighted by Crippen LogP contribution is 2.14. The molecule has 0 atom stereocenters. The van der Waals surface area contributed by atoms with E-state index < -0.39 is 20.0 Å². The monoisotopic (exact) mass is 360 g/mol. The van der Waals surface area contributed by atoms with E-state index in [1.54, 1.807) is 13.8 Å². The summed E-state index contributed by atoms with van der Waals surface area (Å²) in [6.07, 6.45) is 1.24. The molecule has 0 spiro atoms.